The summed E-state index contributed by atoms with van der Waals surface area (Å²) >= 11 is 0. The van der Waals surface area contributed by atoms with E-state index in [1.807, 2.05) is 0 Å². The first-order valence-electron chi connectivity index (χ1n) is 13.1. The molecule has 7 heteroatoms. The summed E-state index contributed by atoms with van der Waals surface area (Å²) in [6.45, 7) is 0.618. The van der Waals surface area contributed by atoms with Crippen LogP contribution >= 0.6 is 0 Å². The van der Waals surface area contributed by atoms with E-state index in [1.54, 1.807) is 0 Å². The molecule has 0 aromatic carbocycles. The first-order chi connectivity index (χ1) is 16.0. The van der Waals surface area contributed by atoms with E-state index in [0.29, 0.717) is 31.2 Å². The number of ether oxygens (including phenoxy) is 1. The first-order valence-corrected chi connectivity index (χ1v) is 13.1. The van der Waals surface area contributed by atoms with Crippen LogP contribution in [0.25, 0.3) is 0 Å². The molecule has 2 amide bonds. The molecule has 3 rings (SSSR count). The summed E-state index contributed by atoms with van der Waals surface area (Å²) in [5.74, 6) is 0.538. The average Bonchev–Trinajstić information content (AvgIpc) is 3.41. The topological polar surface area (TPSA) is 105 Å². The lowest BCUT2D eigenvalue weighted by Gasteiger charge is -2.27. The van der Waals surface area contributed by atoms with Gasteiger partial charge in [0.15, 0.2) is 0 Å². The Morgan fingerprint density at radius 3 is 2.36 bits per heavy atom. The second kappa shape index (κ2) is 13.7. The number of unbranched alkanes of at least 4 members (excludes halogenated alkanes) is 1. The van der Waals surface area contributed by atoms with Gasteiger partial charge in [-0.2, -0.15) is 0 Å². The number of carboxylic acid groups (broad SMARTS) is 1. The van der Waals surface area contributed by atoms with Crippen LogP contribution in [0.2, 0.25) is 0 Å². The molecule has 2 aliphatic heterocycles. The molecule has 1 aliphatic carbocycles. The molecule has 2 saturated heterocycles. The molecule has 0 spiro atoms. The number of carboxylic acids is 1. The van der Waals surface area contributed by atoms with Crippen molar-refractivity contribution in [2.45, 2.75) is 102 Å². The van der Waals surface area contributed by atoms with E-state index < -0.39 is 5.97 Å². The molecule has 3 aliphatic rings. The highest BCUT2D eigenvalue weighted by Crippen LogP contribution is 2.44. The summed E-state index contributed by atoms with van der Waals surface area (Å²) in [5, 5.41) is 14.5. The van der Waals surface area contributed by atoms with Crippen molar-refractivity contribution in [1.29, 1.82) is 0 Å². The van der Waals surface area contributed by atoms with Crippen molar-refractivity contribution in [3.8, 4) is 0 Å². The van der Waals surface area contributed by atoms with E-state index in [2.05, 4.69) is 22.8 Å². The zero-order valence-corrected chi connectivity index (χ0v) is 19.9. The fourth-order valence-electron chi connectivity index (χ4n) is 5.81. The molecule has 1 saturated carbocycles. The van der Waals surface area contributed by atoms with E-state index in [0.717, 1.165) is 44.4 Å². The average molecular weight is 463 g/mol. The highest BCUT2D eigenvalue weighted by molar-refractivity contribution is 5.84. The molecule has 0 aromatic heterocycles. The molecule has 186 valence electrons. The molecule has 2 bridgehead atoms. The molecular weight excluding hydrogens is 420 g/mol. The van der Waals surface area contributed by atoms with Crippen molar-refractivity contribution in [3.63, 3.8) is 0 Å². The first kappa shape index (κ1) is 25.7. The number of fused-ring (bicyclic) bond motifs is 2. The van der Waals surface area contributed by atoms with Crippen molar-refractivity contribution in [2.75, 3.05) is 13.1 Å². The van der Waals surface area contributed by atoms with Gasteiger partial charge in [0.25, 0.3) is 0 Å². The predicted octanol–water partition coefficient (Wildman–Crippen LogP) is 3.96. The summed E-state index contributed by atoms with van der Waals surface area (Å²) in [4.78, 5) is 35.0. The monoisotopic (exact) mass is 462 g/mol. The van der Waals surface area contributed by atoms with Gasteiger partial charge in [0.2, 0.25) is 11.8 Å². The lowest BCUT2D eigenvalue weighted by atomic mass is 9.77. The number of rotatable bonds is 14. The van der Waals surface area contributed by atoms with Crippen molar-refractivity contribution in [1.82, 2.24) is 10.6 Å². The van der Waals surface area contributed by atoms with E-state index in [-0.39, 0.29) is 37.0 Å². The summed E-state index contributed by atoms with van der Waals surface area (Å²) < 4.78 is 6.10. The Balaban J connectivity index is 1.29. The standard InChI is InChI=1S/C26H42N2O5/c29-24(13-8-11-19-9-4-3-5-10-19)28-18-25(30)27-17-21-20(22-15-16-23(21)33-22)12-6-1-2-7-14-26(31)32/h1,6,19-23H,2-5,7-18H2,(H,27,30)(H,28,29)(H,31,32). The Hall–Kier alpha value is -1.89. The summed E-state index contributed by atoms with van der Waals surface area (Å²) in [6, 6.07) is 0. The highest BCUT2D eigenvalue weighted by atomic mass is 16.5. The molecule has 4 unspecified atom stereocenters. The minimum atomic E-state index is -0.753. The van der Waals surface area contributed by atoms with Crippen molar-refractivity contribution in [2.24, 2.45) is 17.8 Å². The van der Waals surface area contributed by atoms with Crippen LogP contribution in [0.1, 0.15) is 89.9 Å². The maximum Gasteiger partial charge on any atom is 0.303 e. The van der Waals surface area contributed by atoms with Gasteiger partial charge in [-0.05, 0) is 56.8 Å². The Kier molecular flexibility index (Phi) is 10.7. The second-order valence-corrected chi connectivity index (χ2v) is 10.1. The van der Waals surface area contributed by atoms with Gasteiger partial charge in [0.05, 0.1) is 18.8 Å². The fraction of sp³-hybridized carbons (Fsp3) is 0.808. The summed E-state index contributed by atoms with van der Waals surface area (Å²) in [6.07, 6.45) is 18.5. The molecule has 7 nitrogen and oxygen atoms in total. The molecule has 2 heterocycles. The highest BCUT2D eigenvalue weighted by Gasteiger charge is 2.47. The van der Waals surface area contributed by atoms with Gasteiger partial charge in [0, 0.05) is 25.3 Å². The molecule has 0 aromatic rings. The van der Waals surface area contributed by atoms with Gasteiger partial charge in [-0.25, -0.2) is 0 Å². The number of hydrogen-bond acceptors (Lipinski definition) is 4. The van der Waals surface area contributed by atoms with Gasteiger partial charge in [-0.15, -0.1) is 0 Å². The van der Waals surface area contributed by atoms with Gasteiger partial charge >= 0.3 is 5.97 Å². The minimum Gasteiger partial charge on any atom is -0.481 e. The van der Waals surface area contributed by atoms with E-state index >= 15 is 0 Å². The third-order valence-corrected chi connectivity index (χ3v) is 7.65. The fourth-order valence-corrected chi connectivity index (χ4v) is 5.81. The third kappa shape index (κ3) is 8.76. The zero-order valence-electron chi connectivity index (χ0n) is 19.9. The number of amides is 2. The molecule has 0 radical (unpaired) electrons. The molecule has 3 N–H and O–H groups in total. The van der Waals surface area contributed by atoms with Gasteiger partial charge in [0.1, 0.15) is 0 Å². The van der Waals surface area contributed by atoms with E-state index in [9.17, 15) is 14.4 Å². The van der Waals surface area contributed by atoms with Crippen LogP contribution in [0, 0.1) is 17.8 Å². The summed E-state index contributed by atoms with van der Waals surface area (Å²) in [5.41, 5.74) is 0. The number of allylic oxidation sites excluding steroid dienone is 2. The van der Waals surface area contributed by atoms with E-state index in [4.69, 9.17) is 9.84 Å². The maximum absolute atomic E-state index is 12.3. The van der Waals surface area contributed by atoms with Crippen LogP contribution < -0.4 is 10.6 Å². The Morgan fingerprint density at radius 1 is 0.848 bits per heavy atom. The maximum atomic E-state index is 12.3. The zero-order chi connectivity index (χ0) is 23.5. The number of aliphatic carboxylic acids is 1. The van der Waals surface area contributed by atoms with Crippen LogP contribution in [-0.4, -0.2) is 48.2 Å². The molecular formula is C26H42N2O5. The number of carbonyl (C=O) groups excluding carboxylic acids is 2. The van der Waals surface area contributed by atoms with Crippen molar-refractivity contribution < 1.29 is 24.2 Å². The number of nitrogens with one attached hydrogen (secondary N) is 2. The van der Waals surface area contributed by atoms with Crippen LogP contribution in [0.5, 0.6) is 0 Å². The Labute approximate surface area is 198 Å². The van der Waals surface area contributed by atoms with Gasteiger partial charge in [-0.3, -0.25) is 14.4 Å². The minimum absolute atomic E-state index is 0.0323. The SMILES string of the molecule is O=C(O)CCCC=CCC1C2CCC(O2)C1CNC(=O)CNC(=O)CCCC1CCCCC1. The predicted molar refractivity (Wildman–Crippen MR) is 127 cm³/mol. The van der Waals surface area contributed by atoms with E-state index in [1.165, 1.54) is 32.1 Å². The van der Waals surface area contributed by atoms with Crippen molar-refractivity contribution in [3.05, 3.63) is 12.2 Å². The third-order valence-electron chi connectivity index (χ3n) is 7.65. The van der Waals surface area contributed by atoms with Gasteiger partial charge < -0.3 is 20.5 Å². The second-order valence-electron chi connectivity index (χ2n) is 10.1. The van der Waals surface area contributed by atoms with Gasteiger partial charge in [-0.1, -0.05) is 44.3 Å². The largest absolute Gasteiger partial charge is 0.481 e. The van der Waals surface area contributed by atoms with Crippen molar-refractivity contribution >= 4 is 17.8 Å². The Morgan fingerprint density at radius 2 is 1.61 bits per heavy atom. The number of hydrogen-bond donors (Lipinski definition) is 3. The summed E-state index contributed by atoms with van der Waals surface area (Å²) in [7, 11) is 0. The van der Waals surface area contributed by atoms with Crippen LogP contribution in [0.15, 0.2) is 12.2 Å². The van der Waals surface area contributed by atoms with Crippen LogP contribution in [-0.2, 0) is 19.1 Å². The quantitative estimate of drug-likeness (QED) is 0.268. The molecule has 4 atom stereocenters. The lowest BCUT2D eigenvalue weighted by Crippen LogP contribution is -2.42. The van der Waals surface area contributed by atoms with Crippen LogP contribution in [0.4, 0.5) is 0 Å². The smallest absolute Gasteiger partial charge is 0.303 e. The molecule has 3 fully saturated rings. The number of carbonyl (C=O) groups is 3. The molecule has 33 heavy (non-hydrogen) atoms. The Bertz CT molecular complexity index is 674. The van der Waals surface area contributed by atoms with Crippen LogP contribution in [0.3, 0.4) is 0 Å². The normalized spacial score (nSPS) is 27.2. The lowest BCUT2D eigenvalue weighted by molar-refractivity contribution is -0.137.